The monoisotopic (exact) mass is 530 g/mol. The molecule has 0 bridgehead atoms. The number of amides is 1. The molecule has 1 amide bonds. The van der Waals surface area contributed by atoms with Gasteiger partial charge in [-0.2, -0.15) is 0 Å². The van der Waals surface area contributed by atoms with Crippen LogP contribution in [0, 0.1) is 0 Å². The van der Waals surface area contributed by atoms with Crippen molar-refractivity contribution < 1.29 is 9.53 Å². The molecule has 29 heavy (non-hydrogen) atoms. The predicted octanol–water partition coefficient (Wildman–Crippen LogP) is 3.49. The molecule has 0 aromatic heterocycles. The minimum Gasteiger partial charge on any atom is -0.497 e. The van der Waals surface area contributed by atoms with Gasteiger partial charge in [0.1, 0.15) is 5.75 Å². The highest BCUT2D eigenvalue weighted by molar-refractivity contribution is 14.0. The van der Waals surface area contributed by atoms with E-state index in [4.69, 9.17) is 16.3 Å². The molecule has 0 fully saturated rings. The Labute approximate surface area is 194 Å². The fraction of sp³-hybridized carbons (Fsp3) is 0.333. The zero-order valence-electron chi connectivity index (χ0n) is 16.7. The first-order valence-electron chi connectivity index (χ1n) is 9.32. The third kappa shape index (κ3) is 8.91. The number of methoxy groups -OCH3 is 1. The van der Waals surface area contributed by atoms with Crippen molar-refractivity contribution in [1.82, 2.24) is 16.0 Å². The van der Waals surface area contributed by atoms with Gasteiger partial charge in [-0.1, -0.05) is 35.9 Å². The second-order valence-corrected chi connectivity index (χ2v) is 6.42. The summed E-state index contributed by atoms with van der Waals surface area (Å²) in [5.74, 6) is 1.37. The van der Waals surface area contributed by atoms with Crippen LogP contribution in [0.5, 0.6) is 5.75 Å². The minimum absolute atomic E-state index is 0. The molecule has 158 valence electrons. The zero-order chi connectivity index (χ0) is 20.2. The molecule has 8 heteroatoms. The minimum atomic E-state index is -0.0847. The number of hydrogen-bond acceptors (Lipinski definition) is 3. The number of rotatable bonds is 9. The number of carbonyl (C=O) groups excluding carboxylic acids is 1. The van der Waals surface area contributed by atoms with E-state index in [0.29, 0.717) is 36.2 Å². The first kappa shape index (κ1) is 25.0. The molecule has 0 aliphatic carbocycles. The highest BCUT2D eigenvalue weighted by Gasteiger charge is 2.04. The molecule has 0 saturated heterocycles. The first-order valence-corrected chi connectivity index (χ1v) is 9.69. The maximum absolute atomic E-state index is 12.0. The van der Waals surface area contributed by atoms with Crippen LogP contribution < -0.4 is 20.7 Å². The van der Waals surface area contributed by atoms with Gasteiger partial charge in [-0.15, -0.1) is 24.0 Å². The Hall–Kier alpha value is -2.00. The maximum Gasteiger partial charge on any atom is 0.251 e. The third-order valence-corrected chi connectivity index (χ3v) is 4.35. The fourth-order valence-electron chi connectivity index (χ4n) is 2.54. The van der Waals surface area contributed by atoms with Crippen molar-refractivity contribution in [3.8, 4) is 5.75 Å². The Bertz CT molecular complexity index is 788. The van der Waals surface area contributed by atoms with E-state index in [1.807, 2.05) is 37.3 Å². The van der Waals surface area contributed by atoms with Gasteiger partial charge in [0.2, 0.25) is 0 Å². The molecular weight excluding hydrogens is 503 g/mol. The maximum atomic E-state index is 12.0. The highest BCUT2D eigenvalue weighted by Crippen LogP contribution is 2.22. The molecule has 6 nitrogen and oxygen atoms in total. The van der Waals surface area contributed by atoms with E-state index < -0.39 is 0 Å². The Morgan fingerprint density at radius 2 is 1.79 bits per heavy atom. The summed E-state index contributed by atoms with van der Waals surface area (Å²) in [5, 5.41) is 9.97. The van der Waals surface area contributed by atoms with Gasteiger partial charge in [-0.3, -0.25) is 9.79 Å². The van der Waals surface area contributed by atoms with Gasteiger partial charge >= 0.3 is 0 Å². The summed E-state index contributed by atoms with van der Waals surface area (Å²) in [6.45, 7) is 4.44. The van der Waals surface area contributed by atoms with Crippen molar-refractivity contribution in [1.29, 1.82) is 0 Å². The van der Waals surface area contributed by atoms with Crippen LogP contribution in [0.25, 0.3) is 0 Å². The van der Waals surface area contributed by atoms with Crippen LogP contribution in [0.4, 0.5) is 0 Å². The van der Waals surface area contributed by atoms with Gasteiger partial charge in [-0.25, -0.2) is 0 Å². The summed E-state index contributed by atoms with van der Waals surface area (Å²) in [7, 11) is 1.62. The number of nitrogens with one attached hydrogen (secondary N) is 3. The van der Waals surface area contributed by atoms with Gasteiger partial charge in [0.25, 0.3) is 5.91 Å². The van der Waals surface area contributed by atoms with Crippen LogP contribution in [0.3, 0.4) is 0 Å². The van der Waals surface area contributed by atoms with Crippen LogP contribution in [0.1, 0.15) is 22.8 Å². The SMILES string of the molecule is CCNC(=NCCc1ccc(OC)cc1Cl)NCCNC(=O)c1ccccc1.I. The van der Waals surface area contributed by atoms with E-state index in [1.165, 1.54) is 0 Å². The molecular formula is C21H28ClIN4O2. The van der Waals surface area contributed by atoms with Gasteiger partial charge < -0.3 is 20.7 Å². The summed E-state index contributed by atoms with van der Waals surface area (Å²) in [6, 6.07) is 14.8. The van der Waals surface area contributed by atoms with Crippen molar-refractivity contribution in [2.45, 2.75) is 13.3 Å². The molecule has 0 aliphatic heterocycles. The molecule has 0 atom stereocenters. The van der Waals surface area contributed by atoms with Crippen LogP contribution >= 0.6 is 35.6 Å². The van der Waals surface area contributed by atoms with Crippen molar-refractivity contribution in [2.75, 3.05) is 33.3 Å². The Morgan fingerprint density at radius 3 is 2.45 bits per heavy atom. The highest BCUT2D eigenvalue weighted by atomic mass is 127. The molecule has 3 N–H and O–H groups in total. The molecule has 2 aromatic rings. The zero-order valence-corrected chi connectivity index (χ0v) is 19.8. The van der Waals surface area contributed by atoms with Gasteiger partial charge in [0.05, 0.1) is 7.11 Å². The van der Waals surface area contributed by atoms with Crippen LogP contribution in [-0.2, 0) is 6.42 Å². The largest absolute Gasteiger partial charge is 0.497 e. The normalized spacial score (nSPS) is 10.7. The van der Waals surface area contributed by atoms with E-state index in [-0.39, 0.29) is 29.9 Å². The second-order valence-electron chi connectivity index (χ2n) is 6.02. The lowest BCUT2D eigenvalue weighted by Gasteiger charge is -2.12. The van der Waals surface area contributed by atoms with E-state index in [1.54, 1.807) is 25.3 Å². The summed E-state index contributed by atoms with van der Waals surface area (Å²) >= 11 is 6.27. The van der Waals surface area contributed by atoms with Crippen LogP contribution in [0.2, 0.25) is 5.02 Å². The molecule has 0 aliphatic rings. The third-order valence-electron chi connectivity index (χ3n) is 3.99. The summed E-state index contributed by atoms with van der Waals surface area (Å²) in [6.07, 6.45) is 0.726. The van der Waals surface area contributed by atoms with Crippen molar-refractivity contribution >= 4 is 47.4 Å². The van der Waals surface area contributed by atoms with E-state index in [0.717, 1.165) is 24.3 Å². The van der Waals surface area contributed by atoms with Crippen molar-refractivity contribution in [3.05, 3.63) is 64.7 Å². The molecule has 2 rings (SSSR count). The Balaban J connectivity index is 0.00000420. The smallest absolute Gasteiger partial charge is 0.251 e. The number of hydrogen-bond donors (Lipinski definition) is 3. The van der Waals surface area contributed by atoms with Crippen LogP contribution in [-0.4, -0.2) is 45.2 Å². The van der Waals surface area contributed by atoms with Gasteiger partial charge in [0.15, 0.2) is 5.96 Å². The number of ether oxygens (including phenoxy) is 1. The Morgan fingerprint density at radius 1 is 1.07 bits per heavy atom. The van der Waals surface area contributed by atoms with E-state index in [9.17, 15) is 4.79 Å². The van der Waals surface area contributed by atoms with Crippen LogP contribution in [0.15, 0.2) is 53.5 Å². The molecule has 0 spiro atoms. The molecule has 0 saturated carbocycles. The fourth-order valence-corrected chi connectivity index (χ4v) is 2.80. The number of guanidine groups is 1. The predicted molar refractivity (Wildman–Crippen MR) is 130 cm³/mol. The summed E-state index contributed by atoms with van der Waals surface area (Å²) in [4.78, 5) is 16.6. The van der Waals surface area contributed by atoms with Gasteiger partial charge in [0, 0.05) is 36.8 Å². The lowest BCUT2D eigenvalue weighted by Crippen LogP contribution is -2.41. The van der Waals surface area contributed by atoms with Crippen molar-refractivity contribution in [2.24, 2.45) is 4.99 Å². The molecule has 0 unspecified atom stereocenters. The Kier molecular flexibility index (Phi) is 12.1. The number of aliphatic imine (C=N–C) groups is 1. The summed E-state index contributed by atoms with van der Waals surface area (Å²) < 4.78 is 5.16. The number of nitrogens with zero attached hydrogens (tertiary/aromatic N) is 1. The summed E-state index contributed by atoms with van der Waals surface area (Å²) in [5.41, 5.74) is 1.68. The average Bonchev–Trinajstić information content (AvgIpc) is 2.72. The molecule has 0 heterocycles. The number of halogens is 2. The second kappa shape index (κ2) is 14.1. The first-order chi connectivity index (χ1) is 13.6. The quantitative estimate of drug-likeness (QED) is 0.201. The van der Waals surface area contributed by atoms with Gasteiger partial charge in [-0.05, 0) is 43.2 Å². The molecule has 0 radical (unpaired) electrons. The number of carbonyl (C=O) groups is 1. The number of benzene rings is 2. The molecule has 2 aromatic carbocycles. The average molecular weight is 531 g/mol. The lowest BCUT2D eigenvalue weighted by molar-refractivity contribution is 0.0954. The van der Waals surface area contributed by atoms with E-state index in [2.05, 4.69) is 20.9 Å². The topological polar surface area (TPSA) is 74.8 Å². The van der Waals surface area contributed by atoms with Crippen molar-refractivity contribution in [3.63, 3.8) is 0 Å². The lowest BCUT2D eigenvalue weighted by atomic mass is 10.1. The van der Waals surface area contributed by atoms with E-state index >= 15 is 0 Å². The standard InChI is InChI=1S/C21H27ClN4O2.HI/c1-3-23-21(25-12-11-16-9-10-18(28-2)15-19(16)22)26-14-13-24-20(27)17-7-5-4-6-8-17;/h4-10,15H,3,11-14H2,1-2H3,(H,24,27)(H2,23,25,26);1H.